The third-order valence-corrected chi connectivity index (χ3v) is 3.33. The Morgan fingerprint density at radius 3 is 2.83 bits per heavy atom. The van der Waals surface area contributed by atoms with Gasteiger partial charge in [0, 0.05) is 22.5 Å². The molecule has 0 aliphatic heterocycles. The van der Waals surface area contributed by atoms with Crippen molar-refractivity contribution in [2.45, 2.75) is 26.3 Å². The molecule has 0 spiro atoms. The van der Waals surface area contributed by atoms with Crippen LogP contribution in [0.4, 0.5) is 0 Å². The summed E-state index contributed by atoms with van der Waals surface area (Å²) in [6.45, 7) is 3.71. The summed E-state index contributed by atoms with van der Waals surface area (Å²) < 4.78 is 0.962. The molecule has 6 heteroatoms. The van der Waals surface area contributed by atoms with Gasteiger partial charge in [-0.25, -0.2) is 0 Å². The fourth-order valence-electron chi connectivity index (χ4n) is 1.50. The van der Waals surface area contributed by atoms with Gasteiger partial charge in [0.15, 0.2) is 0 Å². The first kappa shape index (κ1) is 14.5. The average Bonchev–Trinajstić information content (AvgIpc) is 2.32. The maximum Gasteiger partial charge on any atom is 0.251 e. The lowest BCUT2D eigenvalue weighted by molar-refractivity contribution is 0.0941. The summed E-state index contributed by atoms with van der Waals surface area (Å²) in [5.41, 5.74) is 6.95. The minimum Gasteiger partial charge on any atom is -0.409 e. The van der Waals surface area contributed by atoms with E-state index in [4.69, 9.17) is 10.9 Å². The molecule has 1 amide bonds. The minimum atomic E-state index is -0.197. The van der Waals surface area contributed by atoms with Crippen molar-refractivity contribution in [3.8, 4) is 0 Å². The number of carbonyl (C=O) groups excluding carboxylic acids is 1. The molecule has 1 atom stereocenters. The van der Waals surface area contributed by atoms with Gasteiger partial charge in [-0.15, -0.1) is 0 Å². The largest absolute Gasteiger partial charge is 0.409 e. The van der Waals surface area contributed by atoms with Crippen LogP contribution in [-0.2, 0) is 0 Å². The highest BCUT2D eigenvalue weighted by Crippen LogP contribution is 2.17. The standard InChI is InChI=1S/C12H16BrN3O2/c1-7-5-9(3-4-10(7)13)12(17)15-8(2)6-11(14)16-18/h3-5,8,18H,6H2,1-2H3,(H2,14,16)(H,15,17). The first-order chi connectivity index (χ1) is 8.43. The molecule has 0 heterocycles. The minimum absolute atomic E-state index is 0.0924. The van der Waals surface area contributed by atoms with E-state index in [9.17, 15) is 4.79 Å². The van der Waals surface area contributed by atoms with Gasteiger partial charge in [-0.2, -0.15) is 0 Å². The van der Waals surface area contributed by atoms with E-state index in [1.165, 1.54) is 0 Å². The summed E-state index contributed by atoms with van der Waals surface area (Å²) in [7, 11) is 0. The van der Waals surface area contributed by atoms with Crippen LogP contribution in [0.15, 0.2) is 27.8 Å². The molecular weight excluding hydrogens is 298 g/mol. The van der Waals surface area contributed by atoms with Crippen molar-refractivity contribution in [2.75, 3.05) is 0 Å². The quantitative estimate of drug-likeness (QED) is 0.344. The molecule has 0 radical (unpaired) electrons. The number of nitrogens with one attached hydrogen (secondary N) is 1. The molecule has 0 bridgehead atoms. The summed E-state index contributed by atoms with van der Waals surface area (Å²) in [5, 5.41) is 14.1. The molecular formula is C12H16BrN3O2. The number of aryl methyl sites for hydroxylation is 1. The molecule has 0 fully saturated rings. The molecule has 1 unspecified atom stereocenters. The van der Waals surface area contributed by atoms with E-state index < -0.39 is 0 Å². The van der Waals surface area contributed by atoms with Crippen molar-refractivity contribution in [2.24, 2.45) is 10.9 Å². The lowest BCUT2D eigenvalue weighted by atomic mass is 10.1. The second-order valence-corrected chi connectivity index (χ2v) is 4.99. The first-order valence-corrected chi connectivity index (χ1v) is 6.26. The Bertz CT molecular complexity index is 474. The highest BCUT2D eigenvalue weighted by atomic mass is 79.9. The Labute approximate surface area is 114 Å². The first-order valence-electron chi connectivity index (χ1n) is 5.47. The summed E-state index contributed by atoms with van der Waals surface area (Å²) in [6, 6.07) is 5.17. The van der Waals surface area contributed by atoms with Gasteiger partial charge in [0.05, 0.1) is 0 Å². The van der Waals surface area contributed by atoms with Gasteiger partial charge in [0.25, 0.3) is 5.91 Å². The van der Waals surface area contributed by atoms with Gasteiger partial charge in [-0.1, -0.05) is 21.1 Å². The molecule has 0 saturated carbocycles. The van der Waals surface area contributed by atoms with Crippen LogP contribution in [0.1, 0.15) is 29.3 Å². The average molecular weight is 314 g/mol. The van der Waals surface area contributed by atoms with Crippen LogP contribution in [0.2, 0.25) is 0 Å². The predicted molar refractivity (Wildman–Crippen MR) is 73.8 cm³/mol. The van der Waals surface area contributed by atoms with Gasteiger partial charge in [0.2, 0.25) is 0 Å². The van der Waals surface area contributed by atoms with E-state index in [1.54, 1.807) is 19.1 Å². The molecule has 1 aromatic carbocycles. The van der Waals surface area contributed by atoms with Crippen molar-refractivity contribution in [3.05, 3.63) is 33.8 Å². The van der Waals surface area contributed by atoms with Crippen LogP contribution in [0.25, 0.3) is 0 Å². The van der Waals surface area contributed by atoms with Gasteiger partial charge in [0.1, 0.15) is 5.84 Å². The van der Waals surface area contributed by atoms with Crippen LogP contribution < -0.4 is 11.1 Å². The monoisotopic (exact) mass is 313 g/mol. The molecule has 1 rings (SSSR count). The summed E-state index contributed by atoms with van der Waals surface area (Å²) in [6.07, 6.45) is 0.303. The van der Waals surface area contributed by atoms with E-state index in [1.807, 2.05) is 13.0 Å². The topological polar surface area (TPSA) is 87.7 Å². The van der Waals surface area contributed by atoms with Crippen LogP contribution in [0.5, 0.6) is 0 Å². The Morgan fingerprint density at radius 2 is 2.28 bits per heavy atom. The highest BCUT2D eigenvalue weighted by Gasteiger charge is 2.11. The van der Waals surface area contributed by atoms with Crippen molar-refractivity contribution in [3.63, 3.8) is 0 Å². The maximum absolute atomic E-state index is 11.9. The SMILES string of the molecule is Cc1cc(C(=O)NC(C)C/C(N)=N/O)ccc1Br. The lowest BCUT2D eigenvalue weighted by Gasteiger charge is -2.13. The predicted octanol–water partition coefficient (Wildman–Crippen LogP) is 2.01. The number of benzene rings is 1. The smallest absolute Gasteiger partial charge is 0.251 e. The number of hydrogen-bond donors (Lipinski definition) is 3. The van der Waals surface area contributed by atoms with Crippen molar-refractivity contribution in [1.82, 2.24) is 5.32 Å². The second-order valence-electron chi connectivity index (χ2n) is 4.13. The Balaban J connectivity index is 2.67. The molecule has 0 aliphatic carbocycles. The fraction of sp³-hybridized carbons (Fsp3) is 0.333. The highest BCUT2D eigenvalue weighted by molar-refractivity contribution is 9.10. The molecule has 0 aromatic heterocycles. The van der Waals surface area contributed by atoms with Crippen molar-refractivity contribution < 1.29 is 10.0 Å². The number of nitrogens with zero attached hydrogens (tertiary/aromatic N) is 1. The number of rotatable bonds is 4. The molecule has 18 heavy (non-hydrogen) atoms. The molecule has 0 saturated heterocycles. The second kappa shape index (κ2) is 6.39. The van der Waals surface area contributed by atoms with E-state index in [2.05, 4.69) is 26.4 Å². The van der Waals surface area contributed by atoms with E-state index in [0.29, 0.717) is 12.0 Å². The van der Waals surface area contributed by atoms with E-state index >= 15 is 0 Å². The summed E-state index contributed by atoms with van der Waals surface area (Å²) >= 11 is 3.38. The van der Waals surface area contributed by atoms with E-state index in [0.717, 1.165) is 10.0 Å². The summed E-state index contributed by atoms with van der Waals surface area (Å²) in [4.78, 5) is 11.9. The van der Waals surface area contributed by atoms with Crippen LogP contribution >= 0.6 is 15.9 Å². The normalized spacial score (nSPS) is 13.2. The Kier molecular flexibility index (Phi) is 5.15. The number of amidine groups is 1. The number of amides is 1. The van der Waals surface area contributed by atoms with Crippen LogP contribution in [-0.4, -0.2) is 23.0 Å². The number of hydrogen-bond acceptors (Lipinski definition) is 3. The van der Waals surface area contributed by atoms with E-state index in [-0.39, 0.29) is 17.8 Å². The molecule has 98 valence electrons. The third kappa shape index (κ3) is 4.03. The molecule has 4 N–H and O–H groups in total. The van der Waals surface area contributed by atoms with Gasteiger partial charge < -0.3 is 16.3 Å². The van der Waals surface area contributed by atoms with Gasteiger partial charge in [-0.3, -0.25) is 4.79 Å². The molecule has 0 aliphatic rings. The Hall–Kier alpha value is -1.56. The number of oxime groups is 1. The van der Waals surface area contributed by atoms with Crippen molar-refractivity contribution in [1.29, 1.82) is 0 Å². The fourth-order valence-corrected chi connectivity index (χ4v) is 1.75. The van der Waals surface area contributed by atoms with Gasteiger partial charge >= 0.3 is 0 Å². The zero-order valence-electron chi connectivity index (χ0n) is 10.3. The zero-order valence-corrected chi connectivity index (χ0v) is 11.9. The zero-order chi connectivity index (χ0) is 13.7. The lowest BCUT2D eigenvalue weighted by Crippen LogP contribution is -2.35. The number of nitrogens with two attached hydrogens (primary N) is 1. The maximum atomic E-state index is 11.9. The number of halogens is 1. The summed E-state index contributed by atoms with van der Waals surface area (Å²) in [5.74, 6) is -0.0846. The van der Waals surface area contributed by atoms with Crippen LogP contribution in [0, 0.1) is 6.92 Å². The van der Waals surface area contributed by atoms with Crippen molar-refractivity contribution >= 4 is 27.7 Å². The molecule has 5 nitrogen and oxygen atoms in total. The van der Waals surface area contributed by atoms with Crippen LogP contribution in [0.3, 0.4) is 0 Å². The third-order valence-electron chi connectivity index (χ3n) is 2.44. The Morgan fingerprint density at radius 1 is 1.61 bits per heavy atom. The number of carbonyl (C=O) groups is 1. The van der Waals surface area contributed by atoms with Gasteiger partial charge in [-0.05, 0) is 37.6 Å². The molecule has 1 aromatic rings.